The summed E-state index contributed by atoms with van der Waals surface area (Å²) in [7, 11) is -21.7. The van der Waals surface area contributed by atoms with Crippen molar-refractivity contribution in [3.63, 3.8) is 0 Å². The van der Waals surface area contributed by atoms with Crippen LogP contribution in [0.3, 0.4) is 0 Å². The fourth-order valence-electron chi connectivity index (χ4n) is 3.30. The molecule has 0 N–H and O–H groups in total. The van der Waals surface area contributed by atoms with Crippen LogP contribution in [-0.2, 0) is 54.6 Å². The molecule has 210 valence electrons. The summed E-state index contributed by atoms with van der Waals surface area (Å²) in [6.45, 7) is -0.550. The topological polar surface area (TPSA) is 286 Å². The SMILES string of the molecule is O=C(c1cc(OS(=O)(=O)[O-])cc(OS(=O)(=O)[O-])c1)N1CCc2cc(OS(=O)(=O)[O-])c(OS(=O)(=O)[O-])cc2C1.[Na+].[Na+].[Na+].[Na+]. The molecule has 0 atom stereocenters. The van der Waals surface area contributed by atoms with Crippen molar-refractivity contribution in [2.45, 2.75) is 13.0 Å². The molecule has 42 heavy (non-hydrogen) atoms. The first-order valence-electron chi connectivity index (χ1n) is 9.39. The minimum Gasteiger partial charge on any atom is -0.716 e. The van der Waals surface area contributed by atoms with Crippen LogP contribution in [0.5, 0.6) is 23.0 Å². The van der Waals surface area contributed by atoms with E-state index in [2.05, 4.69) is 16.7 Å². The zero-order valence-corrected chi connectivity index (χ0v) is 33.3. The van der Waals surface area contributed by atoms with Crippen molar-refractivity contribution in [2.75, 3.05) is 6.54 Å². The molecule has 0 fully saturated rings. The molecule has 1 aliphatic rings. The molecule has 1 amide bonds. The van der Waals surface area contributed by atoms with E-state index in [1.165, 1.54) is 0 Å². The van der Waals surface area contributed by atoms with E-state index < -0.39 is 82.6 Å². The van der Waals surface area contributed by atoms with E-state index in [4.69, 9.17) is 0 Å². The van der Waals surface area contributed by atoms with Gasteiger partial charge in [0.25, 0.3) is 47.5 Å². The van der Waals surface area contributed by atoms with Crippen LogP contribution in [0.1, 0.15) is 21.5 Å². The van der Waals surface area contributed by atoms with Gasteiger partial charge in [-0.15, -0.1) is 0 Å². The van der Waals surface area contributed by atoms with Crippen LogP contribution >= 0.6 is 0 Å². The summed E-state index contributed by atoms with van der Waals surface area (Å²) in [6, 6.07) is 3.67. The Hall–Kier alpha value is 0.750. The molecule has 0 bridgehead atoms. The van der Waals surface area contributed by atoms with Gasteiger partial charge >= 0.3 is 118 Å². The summed E-state index contributed by atoms with van der Waals surface area (Å²) in [5.74, 6) is -4.63. The van der Waals surface area contributed by atoms with Crippen LogP contribution in [0.4, 0.5) is 0 Å². The number of benzene rings is 2. The molecule has 0 spiro atoms. The van der Waals surface area contributed by atoms with E-state index in [0.29, 0.717) is 18.2 Å². The number of carbonyl (C=O) groups excluding carboxylic acids is 1. The minimum absolute atomic E-state index is 0. The summed E-state index contributed by atoms with van der Waals surface area (Å²) in [5, 5.41) is 0. The molecule has 0 aromatic heterocycles. The number of fused-ring (bicyclic) bond motifs is 1. The molecule has 1 aliphatic heterocycles. The van der Waals surface area contributed by atoms with Gasteiger partial charge < -0.3 is 39.8 Å². The number of amides is 1. The number of carbonyl (C=O) groups is 1. The molecule has 18 nitrogen and oxygen atoms in total. The average molecular weight is 709 g/mol. The molecule has 0 saturated carbocycles. The second-order valence-corrected chi connectivity index (χ2v) is 11.1. The van der Waals surface area contributed by atoms with Crippen molar-refractivity contribution in [3.05, 3.63) is 47.0 Å². The smallest absolute Gasteiger partial charge is 0.716 e. The first-order valence-corrected chi connectivity index (χ1v) is 14.7. The Morgan fingerprint density at radius 1 is 0.595 bits per heavy atom. The van der Waals surface area contributed by atoms with Crippen LogP contribution in [0.15, 0.2) is 30.3 Å². The summed E-state index contributed by atoms with van der Waals surface area (Å²) >= 11 is 0. The van der Waals surface area contributed by atoms with Gasteiger partial charge in [-0.3, -0.25) is 4.79 Å². The van der Waals surface area contributed by atoms with Crippen LogP contribution in [-0.4, -0.2) is 69.2 Å². The predicted molar refractivity (Wildman–Crippen MR) is 113 cm³/mol. The molecular formula is C16H11NNa4O17S4. The van der Waals surface area contributed by atoms with Gasteiger partial charge in [0.15, 0.2) is 11.5 Å². The molecular weight excluding hydrogens is 698 g/mol. The van der Waals surface area contributed by atoms with Crippen molar-refractivity contribution in [1.82, 2.24) is 4.90 Å². The fourth-order valence-corrected chi connectivity index (χ4v) is 4.66. The van der Waals surface area contributed by atoms with Gasteiger partial charge in [-0.05, 0) is 41.8 Å². The maximum atomic E-state index is 13.1. The second kappa shape index (κ2) is 17.1. The number of hydrogen-bond acceptors (Lipinski definition) is 17. The number of hydrogen-bond donors (Lipinski definition) is 0. The molecule has 0 aliphatic carbocycles. The maximum absolute atomic E-state index is 13.1. The van der Waals surface area contributed by atoms with Crippen LogP contribution < -0.4 is 135 Å². The summed E-state index contributed by atoms with van der Waals surface area (Å²) in [5.41, 5.74) is -0.212. The molecule has 0 radical (unpaired) electrons. The van der Waals surface area contributed by atoms with Gasteiger partial charge in [0.1, 0.15) is 11.5 Å². The third-order valence-electron chi connectivity index (χ3n) is 4.47. The Balaban J connectivity index is 0. The Bertz CT molecular complexity index is 1680. The summed E-state index contributed by atoms with van der Waals surface area (Å²) < 4.78 is 148. The monoisotopic (exact) mass is 709 g/mol. The molecule has 1 heterocycles. The quantitative estimate of drug-likeness (QED) is 0.133. The third-order valence-corrected chi connectivity index (χ3v) is 6.03. The van der Waals surface area contributed by atoms with Crippen molar-refractivity contribution < 1.29 is 192 Å². The van der Waals surface area contributed by atoms with Gasteiger partial charge in [-0.1, -0.05) is 0 Å². The fraction of sp³-hybridized carbons (Fsp3) is 0.188. The number of rotatable bonds is 9. The summed E-state index contributed by atoms with van der Waals surface area (Å²) in [4.78, 5) is 14.1. The minimum atomic E-state index is -5.48. The zero-order chi connectivity index (χ0) is 28.7. The molecule has 2 aromatic rings. The van der Waals surface area contributed by atoms with E-state index in [1.54, 1.807) is 0 Å². The molecule has 0 unspecified atom stereocenters. The van der Waals surface area contributed by atoms with Crippen molar-refractivity contribution >= 4 is 47.5 Å². The normalized spacial score (nSPS) is 13.0. The van der Waals surface area contributed by atoms with Gasteiger partial charge in [-0.2, -0.15) is 0 Å². The third kappa shape index (κ3) is 14.9. The van der Waals surface area contributed by atoms with E-state index in [9.17, 15) is 56.7 Å². The van der Waals surface area contributed by atoms with Gasteiger partial charge in [0.2, 0.25) is 0 Å². The first kappa shape index (κ1) is 44.9. The number of nitrogens with zero attached hydrogens (tertiary/aromatic N) is 1. The van der Waals surface area contributed by atoms with E-state index in [-0.39, 0.29) is 142 Å². The Morgan fingerprint density at radius 2 is 0.976 bits per heavy atom. The largest absolute Gasteiger partial charge is 1.00 e. The second-order valence-electron chi connectivity index (χ2n) is 7.20. The van der Waals surface area contributed by atoms with Gasteiger partial charge in [-0.25, -0.2) is 33.7 Å². The maximum Gasteiger partial charge on any atom is 1.00 e. The van der Waals surface area contributed by atoms with Crippen molar-refractivity contribution in [1.29, 1.82) is 0 Å². The van der Waals surface area contributed by atoms with Crippen LogP contribution in [0.2, 0.25) is 0 Å². The van der Waals surface area contributed by atoms with Crippen molar-refractivity contribution in [3.8, 4) is 23.0 Å². The predicted octanol–water partition coefficient (Wildman–Crippen LogP) is -13.7. The molecule has 2 aromatic carbocycles. The summed E-state index contributed by atoms with van der Waals surface area (Å²) in [6.07, 6.45) is -0.0792. The van der Waals surface area contributed by atoms with E-state index in [0.717, 1.165) is 17.0 Å². The molecule has 26 heteroatoms. The van der Waals surface area contributed by atoms with Crippen molar-refractivity contribution in [2.24, 2.45) is 0 Å². The first-order chi connectivity index (χ1) is 17.2. The van der Waals surface area contributed by atoms with E-state index >= 15 is 0 Å². The van der Waals surface area contributed by atoms with Crippen LogP contribution in [0, 0.1) is 0 Å². The zero-order valence-electron chi connectivity index (χ0n) is 22.0. The Morgan fingerprint density at radius 3 is 1.36 bits per heavy atom. The van der Waals surface area contributed by atoms with Gasteiger partial charge in [0.05, 0.1) is 0 Å². The Kier molecular flexibility index (Phi) is 18.2. The van der Waals surface area contributed by atoms with E-state index in [1.807, 2.05) is 0 Å². The standard InChI is InChI=1S/C16H15NO17S4.4Na/c18-16(10-3-12(31-35(19,20)21)7-13(4-10)32-36(22,23)24)17-2-1-9-5-14(33-37(25,26)27)15(6-11(9)8-17)34-38(28,29)30;;;;/h3-7H,1-2,8H2,(H,19,20,21)(H,22,23,24)(H,25,26,27)(H,28,29,30);;;;/q;4*+1/p-4. The van der Waals surface area contributed by atoms with Crippen LogP contribution in [0.25, 0.3) is 0 Å². The Labute approximate surface area is 328 Å². The molecule has 3 rings (SSSR count). The van der Waals surface area contributed by atoms with Gasteiger partial charge in [0, 0.05) is 24.7 Å². The average Bonchev–Trinajstić information content (AvgIpc) is 2.68. The molecule has 0 saturated heterocycles.